The number of benzene rings is 1. The Morgan fingerprint density at radius 2 is 1.33 bits per heavy atom. The van der Waals surface area contributed by atoms with Crippen LogP contribution in [0.25, 0.3) is 5.69 Å². The van der Waals surface area contributed by atoms with Crippen molar-refractivity contribution in [2.45, 2.75) is 47.7 Å². The largest absolute Gasteiger partial charge is 0.497 e. The Hall–Kier alpha value is -5.40. The first-order valence-electron chi connectivity index (χ1n) is 13.3. The van der Waals surface area contributed by atoms with Crippen molar-refractivity contribution in [3.63, 3.8) is 0 Å². The summed E-state index contributed by atoms with van der Waals surface area (Å²) >= 11 is 0. The number of nitrogens with one attached hydrogen (secondary N) is 2. The molecule has 218 valence electrons. The van der Waals surface area contributed by atoms with E-state index in [1.807, 2.05) is 52.0 Å². The van der Waals surface area contributed by atoms with Gasteiger partial charge in [-0.3, -0.25) is 34.4 Å². The summed E-state index contributed by atoms with van der Waals surface area (Å²) in [7, 11) is 1.57. The molecule has 42 heavy (non-hydrogen) atoms. The number of aryl methyl sites for hydroxylation is 6. The second-order valence-corrected chi connectivity index (χ2v) is 9.89. The highest BCUT2D eigenvalue weighted by Crippen LogP contribution is 2.14. The fourth-order valence-corrected chi connectivity index (χ4v) is 4.68. The van der Waals surface area contributed by atoms with Gasteiger partial charge in [-0.25, -0.2) is 9.48 Å². The molecule has 4 aromatic heterocycles. The van der Waals surface area contributed by atoms with Crippen molar-refractivity contribution in [1.29, 1.82) is 0 Å². The Balaban J connectivity index is 1.46. The molecule has 0 aliphatic rings. The molecule has 2 amide bonds. The highest BCUT2D eigenvalue weighted by molar-refractivity contribution is 6.10. The number of carbonyl (C=O) groups is 2. The van der Waals surface area contributed by atoms with Crippen molar-refractivity contribution in [2.75, 3.05) is 18.0 Å². The number of methoxy groups -OCH3 is 1. The topological polar surface area (TPSA) is 148 Å². The number of carbonyl (C=O) groups excluding carboxylic acids is 2. The highest BCUT2D eigenvalue weighted by atomic mass is 16.5. The minimum absolute atomic E-state index is 0.0456. The molecule has 14 nitrogen and oxygen atoms in total. The zero-order valence-electron chi connectivity index (χ0n) is 24.2. The Morgan fingerprint density at radius 3 is 1.88 bits per heavy atom. The van der Waals surface area contributed by atoms with E-state index >= 15 is 0 Å². The normalized spacial score (nSPS) is 11.1. The lowest BCUT2D eigenvalue weighted by molar-refractivity contribution is 0.0966. The number of nitrogens with zero attached hydrogens (tertiary/aromatic N) is 8. The van der Waals surface area contributed by atoms with Crippen molar-refractivity contribution in [1.82, 2.24) is 38.7 Å². The van der Waals surface area contributed by atoms with Gasteiger partial charge in [0.05, 0.1) is 19.3 Å². The maximum atomic E-state index is 13.6. The smallest absolute Gasteiger partial charge is 0.350 e. The lowest BCUT2D eigenvalue weighted by Gasteiger charge is -2.14. The van der Waals surface area contributed by atoms with Crippen molar-refractivity contribution in [2.24, 2.45) is 0 Å². The lowest BCUT2D eigenvalue weighted by Crippen LogP contribution is -2.32. The summed E-state index contributed by atoms with van der Waals surface area (Å²) in [6.45, 7) is 9.32. The lowest BCUT2D eigenvalue weighted by atomic mass is 10.3. The molecule has 0 saturated heterocycles. The van der Waals surface area contributed by atoms with Gasteiger partial charge in [-0.15, -0.1) is 5.10 Å². The average molecular weight is 573 g/mol. The molecule has 0 saturated carbocycles. The molecular weight excluding hydrogens is 540 g/mol. The summed E-state index contributed by atoms with van der Waals surface area (Å²) < 4.78 is 12.5. The van der Waals surface area contributed by atoms with Crippen LogP contribution in [0.1, 0.15) is 49.6 Å². The predicted molar refractivity (Wildman–Crippen MR) is 154 cm³/mol. The van der Waals surface area contributed by atoms with E-state index in [-0.39, 0.29) is 30.2 Å². The van der Waals surface area contributed by atoms with Gasteiger partial charge in [-0.05, 0) is 83.1 Å². The molecule has 0 bridgehead atoms. The number of hydrogen-bond donors (Lipinski definition) is 2. The van der Waals surface area contributed by atoms with Crippen LogP contribution in [0.2, 0.25) is 0 Å². The number of rotatable bonds is 9. The van der Waals surface area contributed by atoms with E-state index in [2.05, 4.69) is 26.3 Å². The molecule has 5 rings (SSSR count). The number of ether oxygens (including phenoxy) is 1. The van der Waals surface area contributed by atoms with E-state index in [0.717, 1.165) is 22.8 Å². The van der Waals surface area contributed by atoms with Crippen LogP contribution in [0, 0.1) is 34.6 Å². The molecule has 14 heteroatoms. The van der Waals surface area contributed by atoms with Crippen LogP contribution >= 0.6 is 0 Å². The van der Waals surface area contributed by atoms with E-state index in [0.29, 0.717) is 17.3 Å². The van der Waals surface area contributed by atoms with Crippen LogP contribution in [0.5, 0.6) is 5.75 Å². The molecule has 0 aliphatic heterocycles. The van der Waals surface area contributed by atoms with Crippen LogP contribution < -0.4 is 21.3 Å². The molecule has 4 heterocycles. The Bertz CT molecular complexity index is 1800. The first-order valence-corrected chi connectivity index (χ1v) is 13.3. The van der Waals surface area contributed by atoms with Crippen LogP contribution in [-0.4, -0.2) is 57.6 Å². The van der Waals surface area contributed by atoms with Gasteiger partial charge in [0.25, 0.3) is 11.8 Å². The summed E-state index contributed by atoms with van der Waals surface area (Å²) in [6.07, 6.45) is 0. The summed E-state index contributed by atoms with van der Waals surface area (Å²) in [5.74, 6) is -0.0499. The summed E-state index contributed by atoms with van der Waals surface area (Å²) in [5, 5.41) is 12.6. The van der Waals surface area contributed by atoms with Crippen molar-refractivity contribution < 1.29 is 14.3 Å². The number of aromatic nitrogens is 8. The second-order valence-electron chi connectivity index (χ2n) is 9.89. The van der Waals surface area contributed by atoms with Gasteiger partial charge in [0.1, 0.15) is 11.6 Å². The van der Waals surface area contributed by atoms with Gasteiger partial charge in [0.2, 0.25) is 0 Å². The van der Waals surface area contributed by atoms with Crippen LogP contribution in [0.4, 0.5) is 0 Å². The van der Waals surface area contributed by atoms with E-state index in [4.69, 9.17) is 4.74 Å². The molecule has 0 unspecified atom stereocenters. The Morgan fingerprint density at radius 1 is 0.786 bits per heavy atom. The molecule has 0 aliphatic carbocycles. The molecule has 0 atom stereocenters. The van der Waals surface area contributed by atoms with Gasteiger partial charge >= 0.3 is 5.69 Å². The maximum absolute atomic E-state index is 13.6. The van der Waals surface area contributed by atoms with Crippen LogP contribution in [-0.2, 0) is 13.1 Å². The molecule has 2 N–H and O–H groups in total. The molecule has 1 aromatic carbocycles. The maximum Gasteiger partial charge on any atom is 0.350 e. The fourth-order valence-electron chi connectivity index (χ4n) is 4.68. The second kappa shape index (κ2) is 11.2. The van der Waals surface area contributed by atoms with Crippen molar-refractivity contribution in [3.8, 4) is 11.4 Å². The third-order valence-electron chi connectivity index (χ3n) is 7.03. The SMILES string of the molecule is COc1ccc(-n2nc(C)n(CCn3nnc(C(=O)Nn4c(C)ccc4C)c3C(=O)Nn3c(C)ccc3C)c2=O)cc1. The van der Waals surface area contributed by atoms with E-state index in [1.165, 1.54) is 13.9 Å². The molecular formula is C28H32N10O4. The van der Waals surface area contributed by atoms with Crippen LogP contribution in [0.15, 0.2) is 53.3 Å². The van der Waals surface area contributed by atoms with Crippen molar-refractivity contribution in [3.05, 3.63) is 99.0 Å². The Labute approximate surface area is 241 Å². The fraction of sp³-hybridized carbons (Fsp3) is 0.286. The average Bonchev–Trinajstić information content (AvgIpc) is 3.71. The molecule has 0 fully saturated rings. The van der Waals surface area contributed by atoms with Gasteiger partial charge in [0, 0.05) is 29.3 Å². The quantitative estimate of drug-likeness (QED) is 0.275. The summed E-state index contributed by atoms with van der Waals surface area (Å²) in [6, 6.07) is 14.4. The third-order valence-corrected chi connectivity index (χ3v) is 7.03. The Kier molecular flexibility index (Phi) is 7.53. The van der Waals surface area contributed by atoms with E-state index < -0.39 is 11.8 Å². The first-order chi connectivity index (χ1) is 20.1. The number of hydrogen-bond acceptors (Lipinski definition) is 7. The minimum Gasteiger partial charge on any atom is -0.497 e. The molecule has 0 spiro atoms. The van der Waals surface area contributed by atoms with E-state index in [9.17, 15) is 14.4 Å². The minimum atomic E-state index is -0.601. The van der Waals surface area contributed by atoms with Gasteiger partial charge in [0.15, 0.2) is 11.4 Å². The zero-order chi connectivity index (χ0) is 30.1. The molecule has 5 aromatic rings. The monoisotopic (exact) mass is 572 g/mol. The predicted octanol–water partition coefficient (Wildman–Crippen LogP) is 2.25. The molecule has 0 radical (unpaired) electrons. The zero-order valence-corrected chi connectivity index (χ0v) is 24.2. The van der Waals surface area contributed by atoms with Crippen LogP contribution in [0.3, 0.4) is 0 Å². The van der Waals surface area contributed by atoms with Gasteiger partial charge in [-0.2, -0.15) is 9.78 Å². The first kappa shape index (κ1) is 28.1. The summed E-state index contributed by atoms with van der Waals surface area (Å²) in [4.78, 5) is 40.3. The highest BCUT2D eigenvalue weighted by Gasteiger charge is 2.27. The summed E-state index contributed by atoms with van der Waals surface area (Å²) in [5.41, 5.74) is 8.85. The van der Waals surface area contributed by atoms with E-state index in [1.54, 1.807) is 47.7 Å². The standard InChI is InChI=1S/C28H32N10O4/c1-17-7-8-18(2)36(17)31-26(39)24-25(27(40)32-37-19(3)9-10-20(37)4)35(33-29-24)16-15-34-21(5)30-38(28(34)41)22-11-13-23(42-6)14-12-22/h7-14H,15-16H2,1-6H3,(H,31,39)(H,32,40). The third kappa shape index (κ3) is 5.21. The number of amides is 2. The van der Waals surface area contributed by atoms with Gasteiger partial charge < -0.3 is 4.74 Å². The van der Waals surface area contributed by atoms with Gasteiger partial charge in [-0.1, -0.05) is 5.21 Å². The van der Waals surface area contributed by atoms with Crippen molar-refractivity contribution >= 4 is 11.8 Å².